The Labute approximate surface area is 176 Å². The monoisotopic (exact) mass is 423 g/mol. The number of nitrogens with one attached hydrogen (secondary N) is 1. The third-order valence-electron chi connectivity index (χ3n) is 5.41. The summed E-state index contributed by atoms with van der Waals surface area (Å²) in [5.41, 5.74) is 1.83. The van der Waals surface area contributed by atoms with Crippen molar-refractivity contribution in [3.63, 3.8) is 0 Å². The number of nitrogens with zero attached hydrogens (tertiary/aromatic N) is 1. The lowest BCUT2D eigenvalue weighted by Crippen LogP contribution is -2.29. The predicted octanol–water partition coefficient (Wildman–Crippen LogP) is 3.48. The second-order valence-corrected chi connectivity index (χ2v) is 9.27. The Morgan fingerprint density at radius 1 is 1.00 bits per heavy atom. The van der Waals surface area contributed by atoms with Gasteiger partial charge < -0.3 is 5.32 Å². The van der Waals surface area contributed by atoms with Crippen LogP contribution in [0.1, 0.15) is 24.8 Å². The number of sulfonamides is 1. The van der Waals surface area contributed by atoms with E-state index < -0.39 is 10.0 Å². The van der Waals surface area contributed by atoms with E-state index in [1.165, 1.54) is 41.3 Å². The molecule has 6 nitrogen and oxygen atoms in total. The van der Waals surface area contributed by atoms with Gasteiger partial charge in [0.05, 0.1) is 4.90 Å². The van der Waals surface area contributed by atoms with Gasteiger partial charge in [0.2, 0.25) is 15.9 Å². The van der Waals surface area contributed by atoms with Gasteiger partial charge >= 0.3 is 0 Å². The van der Waals surface area contributed by atoms with Crippen LogP contribution in [0.5, 0.6) is 0 Å². The van der Waals surface area contributed by atoms with Gasteiger partial charge in [-0.25, -0.2) is 13.6 Å². The summed E-state index contributed by atoms with van der Waals surface area (Å²) < 4.78 is 22.7. The van der Waals surface area contributed by atoms with Crippen molar-refractivity contribution >= 4 is 32.4 Å². The zero-order chi connectivity index (χ0) is 21.1. The summed E-state index contributed by atoms with van der Waals surface area (Å²) in [5, 5.41) is 10.4. The van der Waals surface area contributed by atoms with Gasteiger partial charge in [-0.2, -0.15) is 0 Å². The van der Waals surface area contributed by atoms with Crippen molar-refractivity contribution in [1.82, 2.24) is 4.90 Å². The number of hydrogen-bond donors (Lipinski definition) is 2. The van der Waals surface area contributed by atoms with E-state index in [1.54, 1.807) is 12.1 Å². The summed E-state index contributed by atoms with van der Waals surface area (Å²) in [7, 11) is -3.74. The van der Waals surface area contributed by atoms with Crippen LogP contribution >= 0.6 is 0 Å². The van der Waals surface area contributed by atoms with Crippen LogP contribution in [0.15, 0.2) is 71.6 Å². The number of carbonyl (C=O) groups is 1. The highest BCUT2D eigenvalue weighted by Crippen LogP contribution is 2.30. The van der Waals surface area contributed by atoms with Crippen molar-refractivity contribution in [2.45, 2.75) is 36.7 Å². The minimum Gasteiger partial charge on any atom is -0.326 e. The molecule has 0 bridgehead atoms. The first-order valence-electron chi connectivity index (χ1n) is 10.0. The van der Waals surface area contributed by atoms with Crippen LogP contribution < -0.4 is 10.5 Å². The number of primary sulfonamides is 1. The highest BCUT2D eigenvalue weighted by atomic mass is 32.2. The van der Waals surface area contributed by atoms with Gasteiger partial charge in [0.15, 0.2) is 0 Å². The Bertz CT molecular complexity index is 1150. The molecule has 3 N–H and O–H groups in total. The molecule has 7 heteroatoms. The summed E-state index contributed by atoms with van der Waals surface area (Å²) in [6.07, 6.45) is 2.71. The number of amides is 1. The Hall–Kier alpha value is -2.74. The fourth-order valence-corrected chi connectivity index (χ4v) is 4.19. The summed E-state index contributed by atoms with van der Waals surface area (Å²) in [5.74, 6) is -0.0954. The lowest BCUT2D eigenvalue weighted by molar-refractivity contribution is -0.116. The first-order chi connectivity index (χ1) is 14.4. The Kier molecular flexibility index (Phi) is 5.85. The molecule has 30 heavy (non-hydrogen) atoms. The zero-order valence-electron chi connectivity index (χ0n) is 16.6. The largest absolute Gasteiger partial charge is 0.326 e. The van der Waals surface area contributed by atoms with Gasteiger partial charge in [0, 0.05) is 31.2 Å². The number of hydrogen-bond acceptors (Lipinski definition) is 4. The predicted molar refractivity (Wildman–Crippen MR) is 118 cm³/mol. The molecule has 0 heterocycles. The van der Waals surface area contributed by atoms with Gasteiger partial charge in [-0.15, -0.1) is 0 Å². The molecule has 0 atom stereocenters. The maximum atomic E-state index is 12.4. The van der Waals surface area contributed by atoms with E-state index in [0.29, 0.717) is 24.7 Å². The van der Waals surface area contributed by atoms with Crippen molar-refractivity contribution in [2.24, 2.45) is 5.14 Å². The van der Waals surface area contributed by atoms with E-state index in [2.05, 4.69) is 46.6 Å². The van der Waals surface area contributed by atoms with Gasteiger partial charge in [0.25, 0.3) is 0 Å². The fourth-order valence-electron chi connectivity index (χ4n) is 3.68. The van der Waals surface area contributed by atoms with Crippen LogP contribution in [0.4, 0.5) is 5.69 Å². The number of anilines is 1. The normalized spacial score (nSPS) is 14.2. The summed E-state index contributed by atoms with van der Waals surface area (Å²) in [6.45, 7) is 1.50. The van der Waals surface area contributed by atoms with Crippen molar-refractivity contribution in [2.75, 3.05) is 11.9 Å². The minimum absolute atomic E-state index is 0.0236. The second kappa shape index (κ2) is 8.55. The molecule has 1 aliphatic carbocycles. The van der Waals surface area contributed by atoms with E-state index in [1.807, 2.05) is 6.07 Å². The third-order valence-corrected chi connectivity index (χ3v) is 6.34. The van der Waals surface area contributed by atoms with Gasteiger partial charge in [-0.05, 0) is 53.4 Å². The van der Waals surface area contributed by atoms with Crippen molar-refractivity contribution in [3.8, 4) is 0 Å². The average Bonchev–Trinajstić information content (AvgIpc) is 3.56. The minimum atomic E-state index is -3.74. The van der Waals surface area contributed by atoms with Crippen LogP contribution in [0.3, 0.4) is 0 Å². The van der Waals surface area contributed by atoms with Crippen LogP contribution in [-0.2, 0) is 21.4 Å². The van der Waals surface area contributed by atoms with Gasteiger partial charge in [0.1, 0.15) is 0 Å². The second-order valence-electron chi connectivity index (χ2n) is 7.71. The summed E-state index contributed by atoms with van der Waals surface area (Å²) in [6, 6.07) is 21.1. The Morgan fingerprint density at radius 3 is 2.40 bits per heavy atom. The first kappa shape index (κ1) is 20.5. The molecule has 0 aliphatic heterocycles. The Morgan fingerprint density at radius 2 is 1.70 bits per heavy atom. The molecule has 156 valence electrons. The lowest BCUT2D eigenvalue weighted by Gasteiger charge is -2.22. The molecule has 0 aromatic heterocycles. The molecular formula is C23H25N3O3S. The van der Waals surface area contributed by atoms with E-state index in [9.17, 15) is 13.2 Å². The molecule has 0 saturated heterocycles. The number of benzene rings is 3. The number of carbonyl (C=O) groups excluding carboxylic acids is 1. The molecule has 4 rings (SSSR count). The maximum Gasteiger partial charge on any atom is 0.238 e. The smallest absolute Gasteiger partial charge is 0.238 e. The van der Waals surface area contributed by atoms with Crippen LogP contribution in [-0.4, -0.2) is 31.8 Å². The molecule has 1 saturated carbocycles. The highest BCUT2D eigenvalue weighted by molar-refractivity contribution is 7.89. The quantitative estimate of drug-likeness (QED) is 0.580. The lowest BCUT2D eigenvalue weighted by atomic mass is 10.0. The summed E-state index contributed by atoms with van der Waals surface area (Å²) >= 11 is 0. The highest BCUT2D eigenvalue weighted by Gasteiger charge is 2.29. The number of nitrogens with two attached hydrogens (primary N) is 1. The van der Waals surface area contributed by atoms with E-state index >= 15 is 0 Å². The molecule has 3 aromatic carbocycles. The molecule has 0 spiro atoms. The zero-order valence-corrected chi connectivity index (χ0v) is 17.4. The SMILES string of the molecule is NS(=O)(=O)c1ccc(NC(=O)CCN(Cc2cccc3ccccc23)C2CC2)cc1. The maximum absolute atomic E-state index is 12.4. The third kappa shape index (κ3) is 5.05. The van der Waals surface area contributed by atoms with Crippen molar-refractivity contribution < 1.29 is 13.2 Å². The van der Waals surface area contributed by atoms with Crippen molar-refractivity contribution in [1.29, 1.82) is 0 Å². The summed E-state index contributed by atoms with van der Waals surface area (Å²) in [4.78, 5) is 14.8. The van der Waals surface area contributed by atoms with Gasteiger partial charge in [-0.1, -0.05) is 42.5 Å². The van der Waals surface area contributed by atoms with Gasteiger partial charge in [-0.3, -0.25) is 9.69 Å². The molecular weight excluding hydrogens is 398 g/mol. The van der Waals surface area contributed by atoms with Crippen molar-refractivity contribution in [3.05, 3.63) is 72.3 Å². The first-order valence-corrected chi connectivity index (χ1v) is 11.6. The molecule has 3 aromatic rings. The van der Waals surface area contributed by atoms with E-state index in [-0.39, 0.29) is 10.8 Å². The van der Waals surface area contributed by atoms with E-state index in [4.69, 9.17) is 5.14 Å². The van der Waals surface area contributed by atoms with Crippen LogP contribution in [0, 0.1) is 0 Å². The molecule has 1 aliphatic rings. The number of fused-ring (bicyclic) bond motifs is 1. The van der Waals surface area contributed by atoms with Crippen LogP contribution in [0.2, 0.25) is 0 Å². The molecule has 1 amide bonds. The molecule has 1 fully saturated rings. The topological polar surface area (TPSA) is 92.5 Å². The molecule has 0 unspecified atom stereocenters. The standard InChI is InChI=1S/C23H25N3O3S/c24-30(28,29)21-12-8-19(9-13-21)25-23(27)14-15-26(20-10-11-20)16-18-6-3-5-17-4-1-2-7-22(17)18/h1-9,12-13,20H,10-11,14-16H2,(H,25,27)(H2,24,28,29). The average molecular weight is 424 g/mol. The molecule has 0 radical (unpaired) electrons. The fraction of sp³-hybridized carbons (Fsp3) is 0.261. The Balaban J connectivity index is 1.38. The van der Waals surface area contributed by atoms with E-state index in [0.717, 1.165) is 6.54 Å². The van der Waals surface area contributed by atoms with Crippen LogP contribution in [0.25, 0.3) is 10.8 Å². The number of rotatable bonds is 8.